The molecule has 1 heterocycles. The van der Waals surface area contributed by atoms with Crippen molar-refractivity contribution >= 4 is 33.3 Å². The van der Waals surface area contributed by atoms with Crippen LogP contribution in [0.5, 0.6) is 0 Å². The summed E-state index contributed by atoms with van der Waals surface area (Å²) in [6.07, 6.45) is 0. The van der Waals surface area contributed by atoms with Crippen LogP contribution >= 0.6 is 0 Å². The second-order valence-corrected chi connectivity index (χ2v) is 8.80. The average molecular weight is 464 g/mol. The number of hydrogen-bond acceptors (Lipinski definition) is 8. The van der Waals surface area contributed by atoms with Gasteiger partial charge in [0.25, 0.3) is 5.91 Å². The molecule has 0 atom stereocenters. The summed E-state index contributed by atoms with van der Waals surface area (Å²) in [7, 11) is -3.62. The Kier molecular flexibility index (Phi) is 8.17. The Morgan fingerprint density at radius 1 is 1.06 bits per heavy atom. The minimum Gasteiger partial charge on any atom is -0.452 e. The van der Waals surface area contributed by atoms with Crippen LogP contribution in [-0.2, 0) is 24.3 Å². The van der Waals surface area contributed by atoms with Crippen molar-refractivity contribution in [3.8, 4) is 0 Å². The molecule has 1 saturated heterocycles. The Hall–Kier alpha value is -2.99. The Bertz CT molecular complexity index is 1040. The van der Waals surface area contributed by atoms with E-state index in [0.29, 0.717) is 37.7 Å². The third kappa shape index (κ3) is 6.04. The highest BCUT2D eigenvalue weighted by Gasteiger charge is 2.26. The molecule has 1 aliphatic rings. The fourth-order valence-corrected chi connectivity index (χ4v) is 4.47. The van der Waals surface area contributed by atoms with Crippen LogP contribution in [0, 0.1) is 0 Å². The van der Waals surface area contributed by atoms with Crippen molar-refractivity contribution in [2.24, 2.45) is 0 Å². The number of rotatable bonds is 9. The van der Waals surface area contributed by atoms with E-state index in [1.165, 1.54) is 28.6 Å². The van der Waals surface area contributed by atoms with Gasteiger partial charge in [0.2, 0.25) is 10.0 Å². The molecule has 0 radical (unpaired) electrons. The molecule has 3 N–H and O–H groups in total. The number of sulfonamides is 1. The van der Waals surface area contributed by atoms with Gasteiger partial charge in [-0.15, -0.1) is 0 Å². The van der Waals surface area contributed by atoms with Gasteiger partial charge in [0, 0.05) is 31.0 Å². The third-order valence-electron chi connectivity index (χ3n) is 4.65. The lowest BCUT2D eigenvalue weighted by atomic mass is 10.2. The average Bonchev–Trinajstić information content (AvgIpc) is 2.82. The number of esters is 1. The fraction of sp³-hybridized carbons (Fsp3) is 0.333. The maximum atomic E-state index is 12.6. The number of hydrogen-bond donors (Lipinski definition) is 3. The lowest BCUT2D eigenvalue weighted by Gasteiger charge is -2.26. The number of nitrogens with zero attached hydrogens (tertiary/aromatic N) is 1. The zero-order valence-electron chi connectivity index (χ0n) is 17.3. The van der Waals surface area contributed by atoms with Crippen molar-refractivity contribution in [2.45, 2.75) is 4.90 Å². The molecule has 3 rings (SSSR count). The molecule has 0 saturated carbocycles. The first-order valence-electron chi connectivity index (χ1n) is 10.0. The molecule has 1 aliphatic heterocycles. The first kappa shape index (κ1) is 23.7. The quantitative estimate of drug-likeness (QED) is 0.467. The van der Waals surface area contributed by atoms with Crippen molar-refractivity contribution in [3.05, 3.63) is 54.1 Å². The zero-order chi connectivity index (χ0) is 23.0. The number of carbonyl (C=O) groups is 2. The molecule has 0 spiro atoms. The third-order valence-corrected chi connectivity index (χ3v) is 6.57. The standard InChI is InChI=1S/C21H25N3O7S/c25-12-9-22-19-4-2-1-3-18(19)21(27)31-15-20(26)23-16-5-7-17(8-6-16)32(28,29)24-10-13-30-14-11-24/h1-8,22,25H,9-15H2,(H,23,26). The van der Waals surface area contributed by atoms with E-state index >= 15 is 0 Å². The van der Waals surface area contributed by atoms with Gasteiger partial charge in [-0.25, -0.2) is 13.2 Å². The Morgan fingerprint density at radius 3 is 2.44 bits per heavy atom. The molecular weight excluding hydrogens is 438 g/mol. The molecule has 1 amide bonds. The van der Waals surface area contributed by atoms with Crippen LogP contribution in [0.4, 0.5) is 11.4 Å². The Balaban J connectivity index is 1.55. The molecule has 2 aromatic rings. The van der Waals surface area contributed by atoms with Gasteiger partial charge in [-0.3, -0.25) is 4.79 Å². The number of aliphatic hydroxyl groups is 1. The van der Waals surface area contributed by atoms with Gasteiger partial charge >= 0.3 is 5.97 Å². The second-order valence-electron chi connectivity index (χ2n) is 6.86. The van der Waals surface area contributed by atoms with Gasteiger partial charge in [0.05, 0.1) is 30.3 Å². The number of ether oxygens (including phenoxy) is 2. The maximum Gasteiger partial charge on any atom is 0.340 e. The SMILES string of the molecule is O=C(COC(=O)c1ccccc1NCCO)Nc1ccc(S(=O)(=O)N2CCOCC2)cc1. The van der Waals surface area contributed by atoms with Crippen molar-refractivity contribution in [3.63, 3.8) is 0 Å². The minimum atomic E-state index is -3.62. The molecule has 32 heavy (non-hydrogen) atoms. The molecular formula is C21H25N3O7S. The number of anilines is 2. The lowest BCUT2D eigenvalue weighted by molar-refractivity contribution is -0.119. The molecule has 0 aromatic heterocycles. The molecule has 0 aliphatic carbocycles. The summed E-state index contributed by atoms with van der Waals surface area (Å²) in [5.41, 5.74) is 1.10. The smallest absolute Gasteiger partial charge is 0.340 e. The van der Waals surface area contributed by atoms with E-state index in [4.69, 9.17) is 14.6 Å². The van der Waals surface area contributed by atoms with E-state index in [0.717, 1.165) is 0 Å². The van der Waals surface area contributed by atoms with E-state index in [1.54, 1.807) is 24.3 Å². The summed E-state index contributed by atoms with van der Waals surface area (Å²) in [4.78, 5) is 24.6. The van der Waals surface area contributed by atoms with Crippen LogP contribution in [-0.4, -0.2) is 75.8 Å². The Morgan fingerprint density at radius 2 is 1.75 bits per heavy atom. The summed E-state index contributed by atoms with van der Waals surface area (Å²) in [6, 6.07) is 12.4. The number of nitrogens with one attached hydrogen (secondary N) is 2. The zero-order valence-corrected chi connectivity index (χ0v) is 18.1. The summed E-state index contributed by atoms with van der Waals surface area (Å²) < 4.78 is 36.9. The number of morpholine rings is 1. The molecule has 10 nitrogen and oxygen atoms in total. The largest absolute Gasteiger partial charge is 0.452 e. The number of benzene rings is 2. The summed E-state index contributed by atoms with van der Waals surface area (Å²) in [5.74, 6) is -1.25. The minimum absolute atomic E-state index is 0.0989. The van der Waals surface area contributed by atoms with Crippen LogP contribution in [0.15, 0.2) is 53.4 Å². The Labute approximate surface area is 186 Å². The topological polar surface area (TPSA) is 134 Å². The number of aliphatic hydroxyl groups excluding tert-OH is 1. The predicted molar refractivity (Wildman–Crippen MR) is 117 cm³/mol. The lowest BCUT2D eigenvalue weighted by Crippen LogP contribution is -2.40. The van der Waals surface area contributed by atoms with E-state index < -0.39 is 28.5 Å². The summed E-state index contributed by atoms with van der Waals surface area (Å²) >= 11 is 0. The molecule has 2 aromatic carbocycles. The number of amides is 1. The van der Waals surface area contributed by atoms with Gasteiger partial charge in [-0.2, -0.15) is 4.31 Å². The van der Waals surface area contributed by atoms with Crippen molar-refractivity contribution < 1.29 is 32.6 Å². The summed E-state index contributed by atoms with van der Waals surface area (Å²) in [6.45, 7) is 0.957. The van der Waals surface area contributed by atoms with E-state index in [9.17, 15) is 18.0 Å². The monoisotopic (exact) mass is 463 g/mol. The van der Waals surface area contributed by atoms with Crippen molar-refractivity contribution in [2.75, 3.05) is 56.7 Å². The van der Waals surface area contributed by atoms with Crippen LogP contribution in [0.3, 0.4) is 0 Å². The van der Waals surface area contributed by atoms with Gasteiger partial charge in [0.1, 0.15) is 0 Å². The molecule has 172 valence electrons. The maximum absolute atomic E-state index is 12.6. The molecule has 0 unspecified atom stereocenters. The van der Waals surface area contributed by atoms with E-state index in [2.05, 4.69) is 10.6 Å². The van der Waals surface area contributed by atoms with Crippen LogP contribution in [0.1, 0.15) is 10.4 Å². The van der Waals surface area contributed by atoms with E-state index in [1.807, 2.05) is 0 Å². The number of para-hydroxylation sites is 1. The van der Waals surface area contributed by atoms with Gasteiger partial charge < -0.3 is 25.2 Å². The van der Waals surface area contributed by atoms with E-state index in [-0.39, 0.29) is 23.6 Å². The molecule has 11 heteroatoms. The molecule has 1 fully saturated rings. The van der Waals surface area contributed by atoms with Crippen molar-refractivity contribution in [1.82, 2.24) is 4.31 Å². The fourth-order valence-electron chi connectivity index (χ4n) is 3.06. The first-order chi connectivity index (χ1) is 15.4. The second kappa shape index (κ2) is 11.0. The predicted octanol–water partition coefficient (Wildman–Crippen LogP) is 0.907. The summed E-state index contributed by atoms with van der Waals surface area (Å²) in [5, 5.41) is 14.4. The highest BCUT2D eigenvalue weighted by Crippen LogP contribution is 2.20. The van der Waals surface area contributed by atoms with Crippen LogP contribution < -0.4 is 10.6 Å². The van der Waals surface area contributed by atoms with Crippen molar-refractivity contribution in [1.29, 1.82) is 0 Å². The highest BCUT2D eigenvalue weighted by atomic mass is 32.2. The molecule has 0 bridgehead atoms. The van der Waals surface area contributed by atoms with Gasteiger partial charge in [-0.1, -0.05) is 12.1 Å². The van der Waals surface area contributed by atoms with Crippen LogP contribution in [0.2, 0.25) is 0 Å². The van der Waals surface area contributed by atoms with Crippen LogP contribution in [0.25, 0.3) is 0 Å². The number of carbonyl (C=O) groups excluding carboxylic acids is 2. The van der Waals surface area contributed by atoms with Gasteiger partial charge in [0.15, 0.2) is 6.61 Å². The van der Waals surface area contributed by atoms with Gasteiger partial charge in [-0.05, 0) is 36.4 Å². The normalized spacial score (nSPS) is 14.5. The highest BCUT2D eigenvalue weighted by molar-refractivity contribution is 7.89. The first-order valence-corrected chi connectivity index (χ1v) is 11.4.